The van der Waals surface area contributed by atoms with Crippen molar-refractivity contribution in [2.24, 2.45) is 0 Å². The summed E-state index contributed by atoms with van der Waals surface area (Å²) in [5, 5.41) is 3.95. The van der Waals surface area contributed by atoms with E-state index in [0.29, 0.717) is 5.02 Å². The SMILES string of the molecule is Cc1ccc(Nc2cccc(Cl)c2Br)cc1N. The molecule has 0 heterocycles. The summed E-state index contributed by atoms with van der Waals surface area (Å²) in [6.07, 6.45) is 0. The summed E-state index contributed by atoms with van der Waals surface area (Å²) in [6, 6.07) is 11.6. The zero-order valence-corrected chi connectivity index (χ0v) is 11.6. The predicted molar refractivity (Wildman–Crippen MR) is 78.0 cm³/mol. The van der Waals surface area contributed by atoms with Crippen molar-refractivity contribution in [2.45, 2.75) is 6.92 Å². The molecule has 0 saturated heterocycles. The van der Waals surface area contributed by atoms with Crippen LogP contribution in [-0.4, -0.2) is 0 Å². The summed E-state index contributed by atoms with van der Waals surface area (Å²) in [5.41, 5.74) is 9.56. The largest absolute Gasteiger partial charge is 0.398 e. The molecule has 0 spiro atoms. The topological polar surface area (TPSA) is 38.0 Å². The molecule has 0 aromatic heterocycles. The number of hydrogen-bond acceptors (Lipinski definition) is 2. The Morgan fingerprint density at radius 3 is 2.71 bits per heavy atom. The summed E-state index contributed by atoms with van der Waals surface area (Å²) in [5.74, 6) is 0. The van der Waals surface area contributed by atoms with E-state index < -0.39 is 0 Å². The number of halogens is 2. The third-order valence-electron chi connectivity index (χ3n) is 2.51. The van der Waals surface area contributed by atoms with Gasteiger partial charge in [-0.25, -0.2) is 0 Å². The number of benzene rings is 2. The van der Waals surface area contributed by atoms with Gasteiger partial charge in [0.25, 0.3) is 0 Å². The molecule has 0 saturated carbocycles. The van der Waals surface area contributed by atoms with Crippen LogP contribution in [0.2, 0.25) is 5.02 Å². The highest BCUT2D eigenvalue weighted by atomic mass is 79.9. The number of rotatable bonds is 2. The third-order valence-corrected chi connectivity index (χ3v) is 3.91. The fourth-order valence-corrected chi connectivity index (χ4v) is 2.01. The Balaban J connectivity index is 2.31. The summed E-state index contributed by atoms with van der Waals surface area (Å²) >= 11 is 9.47. The van der Waals surface area contributed by atoms with Crippen LogP contribution in [0.3, 0.4) is 0 Å². The van der Waals surface area contributed by atoms with Gasteiger partial charge in [0.2, 0.25) is 0 Å². The van der Waals surface area contributed by atoms with Gasteiger partial charge in [0, 0.05) is 11.4 Å². The Hall–Kier alpha value is -1.19. The van der Waals surface area contributed by atoms with Gasteiger partial charge in [-0.1, -0.05) is 23.7 Å². The Labute approximate surface area is 114 Å². The number of nitrogen functional groups attached to an aromatic ring is 1. The Bertz CT molecular complexity index is 555. The maximum atomic E-state index is 6.02. The molecule has 2 nitrogen and oxygen atoms in total. The van der Waals surface area contributed by atoms with Crippen molar-refractivity contribution in [2.75, 3.05) is 11.1 Å². The number of aryl methyl sites for hydroxylation is 1. The fraction of sp³-hybridized carbons (Fsp3) is 0.0769. The molecular weight excluding hydrogens is 300 g/mol. The smallest absolute Gasteiger partial charge is 0.0596 e. The van der Waals surface area contributed by atoms with Crippen LogP contribution >= 0.6 is 27.5 Å². The molecule has 0 aliphatic rings. The Morgan fingerprint density at radius 2 is 2.00 bits per heavy atom. The van der Waals surface area contributed by atoms with E-state index in [1.54, 1.807) is 0 Å². The molecule has 4 heteroatoms. The van der Waals surface area contributed by atoms with Crippen LogP contribution in [0.15, 0.2) is 40.9 Å². The van der Waals surface area contributed by atoms with Gasteiger partial charge >= 0.3 is 0 Å². The third kappa shape index (κ3) is 2.73. The molecule has 0 bridgehead atoms. The lowest BCUT2D eigenvalue weighted by molar-refractivity contribution is 1.45. The standard InChI is InChI=1S/C13H12BrClN2/c1-8-5-6-9(7-11(8)16)17-12-4-2-3-10(15)13(12)14/h2-7,17H,16H2,1H3. The summed E-state index contributed by atoms with van der Waals surface area (Å²) in [6.45, 7) is 1.98. The van der Waals surface area contributed by atoms with Crippen molar-refractivity contribution in [3.63, 3.8) is 0 Å². The van der Waals surface area contributed by atoms with Crippen molar-refractivity contribution in [1.82, 2.24) is 0 Å². The Morgan fingerprint density at radius 1 is 1.24 bits per heavy atom. The summed E-state index contributed by atoms with van der Waals surface area (Å²) in [7, 11) is 0. The first-order chi connectivity index (χ1) is 8.08. The van der Waals surface area contributed by atoms with Gasteiger partial charge in [0.1, 0.15) is 0 Å². The minimum atomic E-state index is 0.676. The number of hydrogen-bond donors (Lipinski definition) is 2. The molecule has 0 atom stereocenters. The maximum absolute atomic E-state index is 6.02. The highest BCUT2D eigenvalue weighted by Crippen LogP contribution is 2.32. The quantitative estimate of drug-likeness (QED) is 0.786. The van der Waals surface area contributed by atoms with Crippen LogP contribution in [-0.2, 0) is 0 Å². The highest BCUT2D eigenvalue weighted by molar-refractivity contribution is 9.10. The molecule has 0 aliphatic heterocycles. The van der Waals surface area contributed by atoms with E-state index in [-0.39, 0.29) is 0 Å². The molecule has 0 fully saturated rings. The minimum Gasteiger partial charge on any atom is -0.398 e. The van der Waals surface area contributed by atoms with Crippen LogP contribution in [0.25, 0.3) is 0 Å². The second-order valence-electron chi connectivity index (χ2n) is 3.80. The molecule has 17 heavy (non-hydrogen) atoms. The molecule has 3 N–H and O–H groups in total. The predicted octanol–water partition coefficient (Wildman–Crippen LogP) is 4.74. The highest BCUT2D eigenvalue weighted by Gasteiger charge is 2.04. The van der Waals surface area contributed by atoms with Gasteiger partial charge in [0.15, 0.2) is 0 Å². The van der Waals surface area contributed by atoms with Crippen molar-refractivity contribution in [3.05, 3.63) is 51.5 Å². The molecule has 0 unspecified atom stereocenters. The van der Waals surface area contributed by atoms with Gasteiger partial charge in [0.05, 0.1) is 15.2 Å². The molecule has 2 aromatic carbocycles. The van der Waals surface area contributed by atoms with E-state index in [2.05, 4.69) is 21.2 Å². The van der Waals surface area contributed by atoms with E-state index in [1.807, 2.05) is 43.3 Å². The molecule has 2 rings (SSSR count). The fourth-order valence-electron chi connectivity index (χ4n) is 1.47. The van der Waals surface area contributed by atoms with Gasteiger partial charge in [-0.05, 0) is 52.7 Å². The molecular formula is C13H12BrClN2. The minimum absolute atomic E-state index is 0.676. The molecule has 0 amide bonds. The van der Waals surface area contributed by atoms with E-state index in [0.717, 1.165) is 27.1 Å². The van der Waals surface area contributed by atoms with Crippen molar-refractivity contribution >= 4 is 44.6 Å². The molecule has 0 aliphatic carbocycles. The van der Waals surface area contributed by atoms with Crippen LogP contribution in [0.1, 0.15) is 5.56 Å². The van der Waals surface area contributed by atoms with Crippen LogP contribution in [0.4, 0.5) is 17.1 Å². The average Bonchev–Trinajstić information content (AvgIpc) is 2.30. The normalized spacial score (nSPS) is 10.3. The number of nitrogens with two attached hydrogens (primary N) is 1. The summed E-state index contributed by atoms with van der Waals surface area (Å²) in [4.78, 5) is 0. The number of nitrogens with one attached hydrogen (secondary N) is 1. The van der Waals surface area contributed by atoms with Crippen LogP contribution in [0, 0.1) is 6.92 Å². The lowest BCUT2D eigenvalue weighted by Crippen LogP contribution is -1.95. The zero-order chi connectivity index (χ0) is 12.4. The molecule has 0 radical (unpaired) electrons. The first kappa shape index (κ1) is 12.3. The van der Waals surface area contributed by atoms with Gasteiger partial charge < -0.3 is 11.1 Å². The van der Waals surface area contributed by atoms with E-state index in [4.69, 9.17) is 17.3 Å². The van der Waals surface area contributed by atoms with Crippen LogP contribution < -0.4 is 11.1 Å². The monoisotopic (exact) mass is 310 g/mol. The maximum Gasteiger partial charge on any atom is 0.0596 e. The molecule has 88 valence electrons. The lowest BCUT2D eigenvalue weighted by Gasteiger charge is -2.11. The lowest BCUT2D eigenvalue weighted by atomic mass is 10.2. The Kier molecular flexibility index (Phi) is 3.60. The van der Waals surface area contributed by atoms with Crippen molar-refractivity contribution in [1.29, 1.82) is 0 Å². The van der Waals surface area contributed by atoms with E-state index in [9.17, 15) is 0 Å². The first-order valence-corrected chi connectivity index (χ1v) is 6.32. The second-order valence-corrected chi connectivity index (χ2v) is 5.00. The average molecular weight is 312 g/mol. The van der Waals surface area contributed by atoms with Gasteiger partial charge in [-0.3, -0.25) is 0 Å². The van der Waals surface area contributed by atoms with Crippen molar-refractivity contribution < 1.29 is 0 Å². The number of anilines is 3. The van der Waals surface area contributed by atoms with Crippen LogP contribution in [0.5, 0.6) is 0 Å². The van der Waals surface area contributed by atoms with Gasteiger partial charge in [-0.2, -0.15) is 0 Å². The zero-order valence-electron chi connectivity index (χ0n) is 9.30. The first-order valence-electron chi connectivity index (χ1n) is 5.15. The van der Waals surface area contributed by atoms with Gasteiger partial charge in [-0.15, -0.1) is 0 Å². The van der Waals surface area contributed by atoms with E-state index in [1.165, 1.54) is 0 Å². The van der Waals surface area contributed by atoms with Crippen molar-refractivity contribution in [3.8, 4) is 0 Å². The van der Waals surface area contributed by atoms with E-state index >= 15 is 0 Å². The summed E-state index contributed by atoms with van der Waals surface area (Å²) < 4.78 is 0.848. The second kappa shape index (κ2) is 4.98. The molecule has 2 aromatic rings.